The molecule has 122 valence electrons. The van der Waals surface area contributed by atoms with Gasteiger partial charge in [-0.05, 0) is 29.8 Å². The van der Waals surface area contributed by atoms with Gasteiger partial charge in [0.05, 0.1) is 17.7 Å². The molecule has 5 heteroatoms. The Bertz CT molecular complexity index is 678. The van der Waals surface area contributed by atoms with Crippen LogP contribution in [0.2, 0.25) is 5.02 Å². The standard InChI is InChI=1S/C18H19ClFNO2/c1-18(2,12-7-9-13(23-3)10-8-12)11-21-17(22)16-14(19)5-4-6-15(16)20/h4-10H,11H2,1-3H3,(H,21,22). The molecule has 3 nitrogen and oxygen atoms in total. The minimum atomic E-state index is -0.628. The Morgan fingerprint density at radius 3 is 2.43 bits per heavy atom. The highest BCUT2D eigenvalue weighted by molar-refractivity contribution is 6.33. The lowest BCUT2D eigenvalue weighted by Crippen LogP contribution is -2.37. The van der Waals surface area contributed by atoms with E-state index in [0.29, 0.717) is 6.54 Å². The number of benzene rings is 2. The fourth-order valence-corrected chi connectivity index (χ4v) is 2.50. The molecule has 0 saturated carbocycles. The van der Waals surface area contributed by atoms with E-state index in [2.05, 4.69) is 5.32 Å². The van der Waals surface area contributed by atoms with Gasteiger partial charge in [-0.3, -0.25) is 4.79 Å². The number of rotatable bonds is 5. The molecule has 23 heavy (non-hydrogen) atoms. The third kappa shape index (κ3) is 4.02. The number of hydrogen-bond acceptors (Lipinski definition) is 2. The second-order valence-electron chi connectivity index (χ2n) is 5.89. The van der Waals surface area contributed by atoms with Crippen molar-refractivity contribution >= 4 is 17.5 Å². The van der Waals surface area contributed by atoms with Gasteiger partial charge in [0.1, 0.15) is 11.6 Å². The van der Waals surface area contributed by atoms with E-state index < -0.39 is 11.7 Å². The van der Waals surface area contributed by atoms with Gasteiger partial charge in [-0.15, -0.1) is 0 Å². The van der Waals surface area contributed by atoms with Gasteiger partial charge < -0.3 is 10.1 Å². The van der Waals surface area contributed by atoms with Gasteiger partial charge in [0, 0.05) is 12.0 Å². The maximum atomic E-state index is 13.8. The second-order valence-corrected chi connectivity index (χ2v) is 6.30. The summed E-state index contributed by atoms with van der Waals surface area (Å²) in [6.45, 7) is 4.35. The molecule has 0 spiro atoms. The first-order chi connectivity index (χ1) is 10.8. The van der Waals surface area contributed by atoms with E-state index in [-0.39, 0.29) is 16.0 Å². The molecule has 0 aliphatic rings. The third-order valence-electron chi connectivity index (χ3n) is 3.75. The average Bonchev–Trinajstić information content (AvgIpc) is 2.53. The van der Waals surface area contributed by atoms with Crippen LogP contribution in [-0.2, 0) is 5.41 Å². The Morgan fingerprint density at radius 2 is 1.87 bits per heavy atom. The van der Waals surface area contributed by atoms with Gasteiger partial charge in [-0.25, -0.2) is 4.39 Å². The summed E-state index contributed by atoms with van der Waals surface area (Å²) in [4.78, 5) is 12.2. The summed E-state index contributed by atoms with van der Waals surface area (Å²) in [6, 6.07) is 11.8. The smallest absolute Gasteiger partial charge is 0.255 e. The number of carbonyl (C=O) groups excluding carboxylic acids is 1. The maximum absolute atomic E-state index is 13.8. The molecule has 0 saturated heterocycles. The second kappa shape index (κ2) is 7.01. The number of nitrogens with one attached hydrogen (secondary N) is 1. The van der Waals surface area contributed by atoms with E-state index in [4.69, 9.17) is 16.3 Å². The van der Waals surface area contributed by atoms with Crippen molar-refractivity contribution in [3.05, 3.63) is 64.4 Å². The van der Waals surface area contributed by atoms with Crippen molar-refractivity contribution in [1.29, 1.82) is 0 Å². The predicted molar refractivity (Wildman–Crippen MR) is 89.8 cm³/mol. The van der Waals surface area contributed by atoms with Gasteiger partial charge >= 0.3 is 0 Å². The molecule has 0 fully saturated rings. The zero-order chi connectivity index (χ0) is 17.0. The minimum absolute atomic E-state index is 0.102. The van der Waals surface area contributed by atoms with E-state index in [1.54, 1.807) is 7.11 Å². The fourth-order valence-electron chi connectivity index (χ4n) is 2.25. The molecule has 0 aromatic heterocycles. The summed E-state index contributed by atoms with van der Waals surface area (Å²) in [5.41, 5.74) is 0.595. The van der Waals surface area contributed by atoms with E-state index in [9.17, 15) is 9.18 Å². The van der Waals surface area contributed by atoms with Crippen LogP contribution in [0.4, 0.5) is 4.39 Å². The Balaban J connectivity index is 2.10. The molecule has 0 radical (unpaired) electrons. The highest BCUT2D eigenvalue weighted by Gasteiger charge is 2.23. The Morgan fingerprint density at radius 1 is 1.22 bits per heavy atom. The zero-order valence-electron chi connectivity index (χ0n) is 13.3. The van der Waals surface area contributed by atoms with Crippen molar-refractivity contribution in [2.45, 2.75) is 19.3 Å². The lowest BCUT2D eigenvalue weighted by atomic mass is 9.84. The first-order valence-electron chi connectivity index (χ1n) is 7.22. The number of ether oxygens (including phenoxy) is 1. The highest BCUT2D eigenvalue weighted by atomic mass is 35.5. The van der Waals surface area contributed by atoms with E-state index >= 15 is 0 Å². The first-order valence-corrected chi connectivity index (χ1v) is 7.59. The van der Waals surface area contributed by atoms with Gasteiger partial charge in [0.2, 0.25) is 0 Å². The molecule has 1 N–H and O–H groups in total. The van der Waals surface area contributed by atoms with Crippen LogP contribution in [0.15, 0.2) is 42.5 Å². The van der Waals surface area contributed by atoms with Gasteiger partial charge in [0.15, 0.2) is 0 Å². The third-order valence-corrected chi connectivity index (χ3v) is 4.07. The van der Waals surface area contributed by atoms with Crippen LogP contribution in [0.3, 0.4) is 0 Å². The zero-order valence-corrected chi connectivity index (χ0v) is 14.1. The Hall–Kier alpha value is -2.07. The molecule has 2 rings (SSSR count). The summed E-state index contributed by atoms with van der Waals surface area (Å²) in [5, 5.41) is 2.85. The summed E-state index contributed by atoms with van der Waals surface area (Å²) in [6.07, 6.45) is 0. The number of methoxy groups -OCH3 is 1. The monoisotopic (exact) mass is 335 g/mol. The summed E-state index contributed by atoms with van der Waals surface area (Å²) in [7, 11) is 1.61. The number of halogens is 2. The Labute approximate surface area is 140 Å². The summed E-state index contributed by atoms with van der Waals surface area (Å²) < 4.78 is 18.9. The van der Waals surface area contributed by atoms with Crippen molar-refractivity contribution in [2.75, 3.05) is 13.7 Å². The lowest BCUT2D eigenvalue weighted by molar-refractivity contribution is 0.0942. The van der Waals surface area contributed by atoms with Crippen molar-refractivity contribution in [3.63, 3.8) is 0 Å². The lowest BCUT2D eigenvalue weighted by Gasteiger charge is -2.26. The average molecular weight is 336 g/mol. The first kappa shape index (κ1) is 17.3. The van der Waals surface area contributed by atoms with Gasteiger partial charge in [-0.1, -0.05) is 43.6 Å². The molecule has 0 aliphatic carbocycles. The van der Waals surface area contributed by atoms with Gasteiger partial charge in [-0.2, -0.15) is 0 Å². The van der Waals surface area contributed by atoms with Crippen molar-refractivity contribution in [2.24, 2.45) is 0 Å². The maximum Gasteiger partial charge on any atom is 0.255 e. The summed E-state index contributed by atoms with van der Waals surface area (Å²) >= 11 is 5.91. The summed E-state index contributed by atoms with van der Waals surface area (Å²) in [5.74, 6) is -0.376. The van der Waals surface area contributed by atoms with Crippen LogP contribution in [-0.4, -0.2) is 19.6 Å². The number of hydrogen-bond donors (Lipinski definition) is 1. The van der Waals surface area contributed by atoms with Crippen LogP contribution in [0.5, 0.6) is 5.75 Å². The quantitative estimate of drug-likeness (QED) is 0.889. The molecular formula is C18H19ClFNO2. The molecule has 2 aromatic carbocycles. The normalized spacial score (nSPS) is 11.2. The predicted octanol–water partition coefficient (Wildman–Crippen LogP) is 4.20. The fraction of sp³-hybridized carbons (Fsp3) is 0.278. The topological polar surface area (TPSA) is 38.3 Å². The van der Waals surface area contributed by atoms with E-state index in [1.165, 1.54) is 18.2 Å². The largest absolute Gasteiger partial charge is 0.497 e. The van der Waals surface area contributed by atoms with Crippen LogP contribution >= 0.6 is 11.6 Å². The number of amides is 1. The Kier molecular flexibility index (Phi) is 5.26. The SMILES string of the molecule is COc1ccc(C(C)(C)CNC(=O)c2c(F)cccc2Cl)cc1. The molecule has 0 bridgehead atoms. The van der Waals surface area contributed by atoms with Crippen molar-refractivity contribution in [3.8, 4) is 5.75 Å². The molecular weight excluding hydrogens is 317 g/mol. The highest BCUT2D eigenvalue weighted by Crippen LogP contribution is 2.25. The number of carbonyl (C=O) groups is 1. The van der Waals surface area contributed by atoms with Crippen LogP contribution in [0, 0.1) is 5.82 Å². The molecule has 0 heterocycles. The molecule has 1 amide bonds. The van der Waals surface area contributed by atoms with Crippen LogP contribution in [0.25, 0.3) is 0 Å². The minimum Gasteiger partial charge on any atom is -0.497 e. The molecule has 0 unspecified atom stereocenters. The van der Waals surface area contributed by atoms with Crippen molar-refractivity contribution in [1.82, 2.24) is 5.32 Å². The van der Waals surface area contributed by atoms with E-state index in [0.717, 1.165) is 11.3 Å². The van der Waals surface area contributed by atoms with E-state index in [1.807, 2.05) is 38.1 Å². The van der Waals surface area contributed by atoms with Crippen LogP contribution in [0.1, 0.15) is 29.8 Å². The van der Waals surface area contributed by atoms with Crippen LogP contribution < -0.4 is 10.1 Å². The molecule has 0 atom stereocenters. The molecule has 0 aliphatic heterocycles. The van der Waals surface area contributed by atoms with Crippen molar-refractivity contribution < 1.29 is 13.9 Å². The van der Waals surface area contributed by atoms with Gasteiger partial charge in [0.25, 0.3) is 5.91 Å². The molecule has 2 aromatic rings.